The van der Waals surface area contributed by atoms with Gasteiger partial charge in [0.05, 0.1) is 25.0 Å². The number of benzene rings is 1. The van der Waals surface area contributed by atoms with Gasteiger partial charge in [0, 0.05) is 10.7 Å². The van der Waals surface area contributed by atoms with Gasteiger partial charge in [-0.2, -0.15) is 0 Å². The molecule has 5 nitrogen and oxygen atoms in total. The second-order valence-electron chi connectivity index (χ2n) is 4.56. The quantitative estimate of drug-likeness (QED) is 0.631. The minimum absolute atomic E-state index is 0.0370. The van der Waals surface area contributed by atoms with Crippen LogP contribution in [0.4, 0.5) is 0 Å². The highest BCUT2D eigenvalue weighted by Gasteiger charge is 2.34. The van der Waals surface area contributed by atoms with E-state index in [1.54, 1.807) is 6.07 Å². The third-order valence-electron chi connectivity index (χ3n) is 3.51. The number of fused-ring (bicyclic) bond motifs is 1. The molecule has 0 bridgehead atoms. The lowest BCUT2D eigenvalue weighted by atomic mass is 9.82. The monoisotopic (exact) mass is 318 g/mol. The summed E-state index contributed by atoms with van der Waals surface area (Å²) in [5.74, 6) is -0.513. The molecule has 0 saturated heterocycles. The molecule has 0 N–H and O–H groups in total. The van der Waals surface area contributed by atoms with Crippen LogP contribution in [0.1, 0.15) is 29.9 Å². The van der Waals surface area contributed by atoms with Gasteiger partial charge in [0.25, 0.3) is 9.05 Å². The normalized spacial score (nSPS) is 18.2. The first-order chi connectivity index (χ1) is 9.40. The Kier molecular flexibility index (Phi) is 4.25. The minimum atomic E-state index is -3.94. The predicted octanol–water partition coefficient (Wildman–Crippen LogP) is 2.22. The Hall–Kier alpha value is -1.27. The first kappa shape index (κ1) is 15.1. The number of rotatable bonds is 3. The van der Waals surface area contributed by atoms with Gasteiger partial charge in [-0.15, -0.1) is 0 Å². The number of hydrogen-bond acceptors (Lipinski definition) is 5. The Morgan fingerprint density at radius 2 is 2.05 bits per heavy atom. The average molecular weight is 319 g/mol. The smallest absolute Gasteiger partial charge is 0.313 e. The molecule has 0 heterocycles. The van der Waals surface area contributed by atoms with E-state index >= 15 is 0 Å². The number of esters is 1. The summed E-state index contributed by atoms with van der Waals surface area (Å²) in [4.78, 5) is 11.9. The van der Waals surface area contributed by atoms with Crippen LogP contribution < -0.4 is 4.74 Å². The van der Waals surface area contributed by atoms with E-state index in [1.165, 1.54) is 20.3 Å². The van der Waals surface area contributed by atoms with Crippen molar-refractivity contribution >= 4 is 25.7 Å². The second-order valence-corrected chi connectivity index (χ2v) is 7.10. The van der Waals surface area contributed by atoms with Crippen LogP contribution in [0.2, 0.25) is 0 Å². The molecule has 0 fully saturated rings. The van der Waals surface area contributed by atoms with Crippen LogP contribution in [0.5, 0.6) is 5.75 Å². The zero-order chi connectivity index (χ0) is 14.9. The molecule has 110 valence electrons. The number of halogens is 1. The van der Waals surface area contributed by atoms with Crippen molar-refractivity contribution in [3.63, 3.8) is 0 Å². The largest absolute Gasteiger partial charge is 0.496 e. The van der Waals surface area contributed by atoms with Crippen molar-refractivity contribution in [2.24, 2.45) is 0 Å². The lowest BCUT2D eigenvalue weighted by molar-refractivity contribution is -0.142. The molecule has 1 aliphatic rings. The summed E-state index contributed by atoms with van der Waals surface area (Å²) in [6, 6.07) is 2.94. The van der Waals surface area contributed by atoms with Gasteiger partial charge in [-0.1, -0.05) is 0 Å². The third-order valence-corrected chi connectivity index (χ3v) is 4.89. The van der Waals surface area contributed by atoms with Gasteiger partial charge in [0.1, 0.15) is 5.75 Å². The Balaban J connectivity index is 2.73. The maximum Gasteiger partial charge on any atom is 0.313 e. The molecule has 1 aliphatic carbocycles. The molecule has 0 amide bonds. The first-order valence-corrected chi connectivity index (χ1v) is 8.43. The van der Waals surface area contributed by atoms with E-state index < -0.39 is 20.9 Å². The highest BCUT2D eigenvalue weighted by molar-refractivity contribution is 8.13. The molecule has 0 saturated carbocycles. The Morgan fingerprint density at radius 3 is 2.60 bits per heavy atom. The zero-order valence-corrected chi connectivity index (χ0v) is 12.8. The molecule has 2 rings (SSSR count). The van der Waals surface area contributed by atoms with E-state index in [1.807, 2.05) is 0 Å². The van der Waals surface area contributed by atoms with Crippen molar-refractivity contribution in [3.05, 3.63) is 23.3 Å². The van der Waals surface area contributed by atoms with Crippen molar-refractivity contribution in [1.82, 2.24) is 0 Å². The number of methoxy groups -OCH3 is 2. The van der Waals surface area contributed by atoms with Crippen molar-refractivity contribution in [1.29, 1.82) is 0 Å². The molecule has 7 heteroatoms. The van der Waals surface area contributed by atoms with Crippen LogP contribution >= 0.6 is 10.7 Å². The Labute approximate surface area is 122 Å². The summed E-state index contributed by atoms with van der Waals surface area (Å²) < 4.78 is 33.5. The van der Waals surface area contributed by atoms with Gasteiger partial charge < -0.3 is 9.47 Å². The minimum Gasteiger partial charge on any atom is -0.496 e. The Bertz CT molecular complexity index is 638. The van der Waals surface area contributed by atoms with Gasteiger partial charge in [0.2, 0.25) is 0 Å². The number of hydrogen-bond donors (Lipinski definition) is 0. The van der Waals surface area contributed by atoms with Crippen LogP contribution in [-0.2, 0) is 25.0 Å². The summed E-state index contributed by atoms with van der Waals surface area (Å²) >= 11 is 0. The molecule has 0 spiro atoms. The molecule has 20 heavy (non-hydrogen) atoms. The topological polar surface area (TPSA) is 69.7 Å². The maximum atomic E-state index is 11.9. The lowest BCUT2D eigenvalue weighted by Crippen LogP contribution is -2.22. The van der Waals surface area contributed by atoms with Gasteiger partial charge in [-0.3, -0.25) is 4.79 Å². The number of carbonyl (C=O) groups excluding carboxylic acids is 1. The van der Waals surface area contributed by atoms with Crippen LogP contribution in [0.3, 0.4) is 0 Å². The first-order valence-electron chi connectivity index (χ1n) is 6.12. The predicted molar refractivity (Wildman–Crippen MR) is 73.7 cm³/mol. The van der Waals surface area contributed by atoms with Crippen LogP contribution in [0, 0.1) is 0 Å². The molecule has 0 aliphatic heterocycles. The van der Waals surface area contributed by atoms with Gasteiger partial charge in [0.15, 0.2) is 0 Å². The van der Waals surface area contributed by atoms with Crippen molar-refractivity contribution in [2.75, 3.05) is 14.2 Å². The van der Waals surface area contributed by atoms with Gasteiger partial charge >= 0.3 is 5.97 Å². The van der Waals surface area contributed by atoms with Crippen molar-refractivity contribution in [3.8, 4) is 5.75 Å². The van der Waals surface area contributed by atoms with Crippen LogP contribution in [0.25, 0.3) is 0 Å². The number of ether oxygens (including phenoxy) is 2. The SMILES string of the molecule is COC(=O)[C@@H]1CCCc2c(OC)ccc(S(=O)(=O)Cl)c21. The van der Waals surface area contributed by atoms with Crippen LogP contribution in [-0.4, -0.2) is 28.6 Å². The van der Waals surface area contributed by atoms with Gasteiger partial charge in [-0.25, -0.2) is 8.42 Å². The summed E-state index contributed by atoms with van der Waals surface area (Å²) in [5.41, 5.74) is 1.13. The molecule has 0 aromatic heterocycles. The summed E-state index contributed by atoms with van der Waals surface area (Å²) in [5, 5.41) is 0. The van der Waals surface area contributed by atoms with E-state index in [0.717, 1.165) is 12.0 Å². The fourth-order valence-electron chi connectivity index (χ4n) is 2.67. The van der Waals surface area contributed by atoms with Crippen LogP contribution in [0.15, 0.2) is 17.0 Å². The van der Waals surface area contributed by atoms with E-state index in [4.69, 9.17) is 20.2 Å². The molecular weight excluding hydrogens is 304 g/mol. The summed E-state index contributed by atoms with van der Waals surface area (Å²) in [6.07, 6.45) is 1.94. The van der Waals surface area contributed by atoms with Crippen molar-refractivity contribution < 1.29 is 22.7 Å². The van der Waals surface area contributed by atoms with E-state index in [0.29, 0.717) is 24.2 Å². The van der Waals surface area contributed by atoms with E-state index in [-0.39, 0.29) is 4.90 Å². The summed E-state index contributed by atoms with van der Waals surface area (Å²) in [7, 11) is 4.34. The average Bonchev–Trinajstić information content (AvgIpc) is 2.43. The van der Waals surface area contributed by atoms with E-state index in [2.05, 4.69) is 0 Å². The highest BCUT2D eigenvalue weighted by atomic mass is 35.7. The number of carbonyl (C=O) groups is 1. The second kappa shape index (κ2) is 5.61. The van der Waals surface area contributed by atoms with Crippen molar-refractivity contribution in [2.45, 2.75) is 30.1 Å². The molecule has 1 aromatic carbocycles. The summed E-state index contributed by atoms with van der Waals surface area (Å²) in [6.45, 7) is 0. The highest BCUT2D eigenvalue weighted by Crippen LogP contribution is 2.41. The fraction of sp³-hybridized carbons (Fsp3) is 0.462. The fourth-order valence-corrected chi connectivity index (χ4v) is 3.83. The molecule has 0 radical (unpaired) electrons. The molecule has 1 atom stereocenters. The van der Waals surface area contributed by atoms with Gasteiger partial charge in [-0.05, 0) is 42.5 Å². The molecule has 1 aromatic rings. The maximum absolute atomic E-state index is 11.9. The zero-order valence-electron chi connectivity index (χ0n) is 11.2. The third kappa shape index (κ3) is 2.62. The molecule has 0 unspecified atom stereocenters. The standard InChI is InChI=1S/C13H15ClO5S/c1-18-10-6-7-11(20(14,16)17)12-8(10)4-3-5-9(12)13(15)19-2/h6-7,9H,3-5H2,1-2H3/t9-/m1/s1. The molecular formula is C13H15ClO5S. The van der Waals surface area contributed by atoms with E-state index in [9.17, 15) is 13.2 Å². The lowest BCUT2D eigenvalue weighted by Gasteiger charge is -2.26. The Morgan fingerprint density at radius 1 is 1.35 bits per heavy atom.